The average Bonchev–Trinajstić information content (AvgIpc) is 2.90. The van der Waals surface area contributed by atoms with Crippen molar-refractivity contribution >= 4 is 11.3 Å². The first-order valence-corrected chi connectivity index (χ1v) is 8.37. The number of benzene rings is 1. The van der Waals surface area contributed by atoms with Gasteiger partial charge in [0.25, 0.3) is 0 Å². The van der Waals surface area contributed by atoms with E-state index in [1.54, 1.807) is 0 Å². The van der Waals surface area contributed by atoms with Crippen LogP contribution in [0, 0.1) is 13.8 Å². The molecule has 0 fully saturated rings. The van der Waals surface area contributed by atoms with Gasteiger partial charge in [0.2, 0.25) is 0 Å². The Balaban J connectivity index is 2.41. The topological polar surface area (TPSA) is 12.0 Å². The number of nitrogens with one attached hydrogen (secondary N) is 1. The largest absolute Gasteiger partial charge is 0.306 e. The van der Waals surface area contributed by atoms with E-state index in [4.69, 9.17) is 0 Å². The summed E-state index contributed by atoms with van der Waals surface area (Å²) in [4.78, 5) is 2.90. The van der Waals surface area contributed by atoms with E-state index < -0.39 is 0 Å². The predicted molar refractivity (Wildman–Crippen MR) is 89.7 cm³/mol. The average molecular weight is 287 g/mol. The lowest BCUT2D eigenvalue weighted by Crippen LogP contribution is -2.24. The van der Waals surface area contributed by atoms with Crippen LogP contribution in [-0.4, -0.2) is 6.54 Å². The molecule has 0 saturated carbocycles. The summed E-state index contributed by atoms with van der Waals surface area (Å²) < 4.78 is 0. The van der Waals surface area contributed by atoms with Gasteiger partial charge in [-0.2, -0.15) is 0 Å². The van der Waals surface area contributed by atoms with Gasteiger partial charge in [-0.25, -0.2) is 0 Å². The Morgan fingerprint density at radius 2 is 1.75 bits per heavy atom. The summed E-state index contributed by atoms with van der Waals surface area (Å²) in [5.41, 5.74) is 4.21. The molecule has 1 N–H and O–H groups in total. The second-order valence-corrected chi connectivity index (χ2v) is 6.55. The van der Waals surface area contributed by atoms with Gasteiger partial charge < -0.3 is 5.32 Å². The first-order chi connectivity index (χ1) is 9.67. The van der Waals surface area contributed by atoms with E-state index in [2.05, 4.69) is 63.3 Å². The van der Waals surface area contributed by atoms with Crippen LogP contribution in [0.2, 0.25) is 0 Å². The highest BCUT2D eigenvalue weighted by molar-refractivity contribution is 7.12. The van der Waals surface area contributed by atoms with Gasteiger partial charge in [-0.05, 0) is 62.1 Å². The second kappa shape index (κ2) is 7.05. The zero-order valence-electron chi connectivity index (χ0n) is 13.0. The van der Waals surface area contributed by atoms with Crippen molar-refractivity contribution in [3.8, 4) is 0 Å². The zero-order chi connectivity index (χ0) is 14.5. The van der Waals surface area contributed by atoms with Gasteiger partial charge in [-0.15, -0.1) is 11.3 Å². The smallest absolute Gasteiger partial charge is 0.0676 e. The minimum atomic E-state index is 0.335. The highest BCUT2D eigenvalue weighted by Crippen LogP contribution is 2.32. The Kier molecular flexibility index (Phi) is 5.38. The fraction of sp³-hybridized carbons (Fsp3) is 0.444. The van der Waals surface area contributed by atoms with Crippen LogP contribution in [0.4, 0.5) is 0 Å². The van der Waals surface area contributed by atoms with E-state index in [1.807, 2.05) is 11.3 Å². The van der Waals surface area contributed by atoms with Crippen molar-refractivity contribution in [2.45, 2.75) is 46.6 Å². The van der Waals surface area contributed by atoms with Crippen molar-refractivity contribution in [2.75, 3.05) is 6.54 Å². The third-order valence-corrected chi connectivity index (χ3v) is 5.04. The predicted octanol–water partition coefficient (Wildman–Crippen LogP) is 5.02. The van der Waals surface area contributed by atoms with Gasteiger partial charge in [0, 0.05) is 9.75 Å². The van der Waals surface area contributed by atoms with Gasteiger partial charge in [-0.1, -0.05) is 32.0 Å². The van der Waals surface area contributed by atoms with Gasteiger partial charge in [0.1, 0.15) is 0 Å². The fourth-order valence-corrected chi connectivity index (χ4v) is 3.69. The van der Waals surface area contributed by atoms with E-state index in [9.17, 15) is 0 Å². The molecule has 1 unspecified atom stereocenters. The van der Waals surface area contributed by atoms with Crippen molar-refractivity contribution in [3.63, 3.8) is 0 Å². The van der Waals surface area contributed by atoms with E-state index in [1.165, 1.54) is 26.4 Å². The molecule has 1 atom stereocenters. The maximum absolute atomic E-state index is 3.73. The molecule has 0 spiro atoms. The maximum atomic E-state index is 3.73. The number of rotatable bonds is 6. The molecule has 1 heterocycles. The van der Waals surface area contributed by atoms with Crippen LogP contribution in [0.5, 0.6) is 0 Å². The quantitative estimate of drug-likeness (QED) is 0.787. The first kappa shape index (κ1) is 15.3. The normalized spacial score (nSPS) is 12.6. The summed E-state index contributed by atoms with van der Waals surface area (Å²) in [5.74, 6) is 0. The SMILES string of the molecule is CCCNC(c1ccc(CC)s1)c1c(C)cccc1C. The summed E-state index contributed by atoms with van der Waals surface area (Å²) in [6.07, 6.45) is 2.28. The van der Waals surface area contributed by atoms with Gasteiger partial charge in [0.15, 0.2) is 0 Å². The molecule has 0 aliphatic rings. The number of hydrogen-bond acceptors (Lipinski definition) is 2. The van der Waals surface area contributed by atoms with Gasteiger partial charge >= 0.3 is 0 Å². The molecule has 0 bridgehead atoms. The molecule has 1 aromatic heterocycles. The molecule has 2 rings (SSSR count). The lowest BCUT2D eigenvalue weighted by Gasteiger charge is -2.22. The van der Waals surface area contributed by atoms with Crippen LogP contribution >= 0.6 is 11.3 Å². The van der Waals surface area contributed by atoms with Crippen molar-refractivity contribution < 1.29 is 0 Å². The Morgan fingerprint density at radius 1 is 1.05 bits per heavy atom. The molecule has 0 aliphatic carbocycles. The highest BCUT2D eigenvalue weighted by atomic mass is 32.1. The van der Waals surface area contributed by atoms with Crippen LogP contribution < -0.4 is 5.32 Å². The standard InChI is InChI=1S/C18H25NS/c1-5-12-19-18(16-11-10-15(6-2)20-16)17-13(3)8-7-9-14(17)4/h7-11,18-19H,5-6,12H2,1-4H3. The van der Waals surface area contributed by atoms with Crippen LogP contribution in [0.3, 0.4) is 0 Å². The summed E-state index contributed by atoms with van der Waals surface area (Å²) in [6.45, 7) is 9.94. The fourth-order valence-electron chi connectivity index (χ4n) is 2.66. The van der Waals surface area contributed by atoms with Crippen LogP contribution in [0.25, 0.3) is 0 Å². The monoisotopic (exact) mass is 287 g/mol. The van der Waals surface area contributed by atoms with Gasteiger partial charge in [-0.3, -0.25) is 0 Å². The van der Waals surface area contributed by atoms with Crippen molar-refractivity contribution in [1.29, 1.82) is 0 Å². The minimum Gasteiger partial charge on any atom is -0.306 e. The molecule has 0 saturated heterocycles. The zero-order valence-corrected chi connectivity index (χ0v) is 13.8. The first-order valence-electron chi connectivity index (χ1n) is 7.55. The van der Waals surface area contributed by atoms with E-state index in [0.29, 0.717) is 6.04 Å². The van der Waals surface area contributed by atoms with Crippen molar-refractivity contribution in [3.05, 3.63) is 56.8 Å². The molecule has 108 valence electrons. The molecular formula is C18H25NS. The van der Waals surface area contributed by atoms with E-state index in [-0.39, 0.29) is 0 Å². The summed E-state index contributed by atoms with van der Waals surface area (Å²) in [7, 11) is 0. The van der Waals surface area contributed by atoms with Crippen LogP contribution in [0.1, 0.15) is 52.8 Å². The molecule has 1 aromatic carbocycles. The number of aryl methyl sites for hydroxylation is 3. The number of hydrogen-bond donors (Lipinski definition) is 1. The van der Waals surface area contributed by atoms with Crippen LogP contribution in [0.15, 0.2) is 30.3 Å². The molecule has 1 nitrogen and oxygen atoms in total. The molecule has 0 amide bonds. The molecule has 20 heavy (non-hydrogen) atoms. The van der Waals surface area contributed by atoms with Crippen molar-refractivity contribution in [2.24, 2.45) is 0 Å². The van der Waals surface area contributed by atoms with E-state index >= 15 is 0 Å². The molecule has 0 aliphatic heterocycles. The summed E-state index contributed by atoms with van der Waals surface area (Å²) >= 11 is 1.94. The maximum Gasteiger partial charge on any atom is 0.0676 e. The molecular weight excluding hydrogens is 262 g/mol. The molecule has 2 aromatic rings. The third-order valence-electron chi connectivity index (χ3n) is 3.74. The Bertz CT molecular complexity index is 536. The lowest BCUT2D eigenvalue weighted by atomic mass is 9.95. The van der Waals surface area contributed by atoms with Gasteiger partial charge in [0.05, 0.1) is 6.04 Å². The van der Waals surface area contributed by atoms with Crippen molar-refractivity contribution in [1.82, 2.24) is 5.32 Å². The Morgan fingerprint density at radius 3 is 2.30 bits per heavy atom. The third kappa shape index (κ3) is 3.31. The summed E-state index contributed by atoms with van der Waals surface area (Å²) in [5, 5.41) is 3.73. The molecule has 0 radical (unpaired) electrons. The minimum absolute atomic E-state index is 0.335. The van der Waals surface area contributed by atoms with Crippen LogP contribution in [-0.2, 0) is 6.42 Å². The molecule has 2 heteroatoms. The Labute approximate surface area is 127 Å². The van der Waals surface area contributed by atoms with E-state index in [0.717, 1.165) is 19.4 Å². The Hall–Kier alpha value is -1.12. The second-order valence-electron chi connectivity index (χ2n) is 5.35. The highest BCUT2D eigenvalue weighted by Gasteiger charge is 2.19. The number of thiophene rings is 1. The summed E-state index contributed by atoms with van der Waals surface area (Å²) in [6, 6.07) is 11.5. The lowest BCUT2D eigenvalue weighted by molar-refractivity contribution is 0.601.